The lowest BCUT2D eigenvalue weighted by Gasteiger charge is -2.15. The Labute approximate surface area is 192 Å². The fraction of sp³-hybridized carbons (Fsp3) is 0.0357. The Bertz CT molecular complexity index is 1430. The zero-order chi connectivity index (χ0) is 22.6. The SMILES string of the molecule is C=C(N)c1cccc(-c2nc(NCc3ccccn3)c3c(-c4ccccc4)cccc3n2)c1. The van der Waals surface area contributed by atoms with Crippen LogP contribution in [0.2, 0.25) is 0 Å². The van der Waals surface area contributed by atoms with Crippen LogP contribution >= 0.6 is 0 Å². The summed E-state index contributed by atoms with van der Waals surface area (Å²) in [4.78, 5) is 14.3. The Morgan fingerprint density at radius 3 is 2.39 bits per heavy atom. The Hall–Kier alpha value is -4.51. The third-order valence-corrected chi connectivity index (χ3v) is 5.46. The summed E-state index contributed by atoms with van der Waals surface area (Å²) in [5.74, 6) is 1.39. The standard InChI is InChI=1S/C28H23N5/c1-19(29)21-11-7-12-22(17-21)27-32-25-15-8-14-24(20-9-3-2-4-10-20)26(25)28(33-27)31-18-23-13-5-6-16-30-23/h2-17H,1,18,29H2,(H,31,32,33). The molecule has 0 fully saturated rings. The molecule has 0 radical (unpaired) electrons. The van der Waals surface area contributed by atoms with E-state index < -0.39 is 0 Å². The average Bonchev–Trinajstić information content (AvgIpc) is 2.88. The number of hydrogen-bond acceptors (Lipinski definition) is 5. The van der Waals surface area contributed by atoms with Crippen LogP contribution in [0.1, 0.15) is 11.3 Å². The maximum Gasteiger partial charge on any atom is 0.162 e. The number of nitrogens with one attached hydrogen (secondary N) is 1. The second kappa shape index (κ2) is 8.93. The number of pyridine rings is 1. The Balaban J connectivity index is 1.68. The molecule has 5 aromatic rings. The fourth-order valence-corrected chi connectivity index (χ4v) is 3.83. The lowest BCUT2D eigenvalue weighted by atomic mass is 10.0. The van der Waals surface area contributed by atoms with Crippen molar-refractivity contribution in [2.75, 3.05) is 5.32 Å². The number of nitrogens with two attached hydrogens (primary N) is 1. The third-order valence-electron chi connectivity index (χ3n) is 5.46. The first-order chi connectivity index (χ1) is 16.2. The van der Waals surface area contributed by atoms with E-state index in [1.165, 1.54) is 0 Å². The molecule has 0 saturated carbocycles. The summed E-state index contributed by atoms with van der Waals surface area (Å²) < 4.78 is 0. The number of aromatic nitrogens is 3. The number of anilines is 1. The molecule has 160 valence electrons. The monoisotopic (exact) mass is 429 g/mol. The van der Waals surface area contributed by atoms with Gasteiger partial charge in [0.05, 0.1) is 23.1 Å². The van der Waals surface area contributed by atoms with Crippen molar-refractivity contribution in [3.63, 3.8) is 0 Å². The van der Waals surface area contributed by atoms with E-state index in [0.717, 1.165) is 44.7 Å². The lowest BCUT2D eigenvalue weighted by molar-refractivity contribution is 1.03. The van der Waals surface area contributed by atoms with Gasteiger partial charge in [0.25, 0.3) is 0 Å². The normalized spacial score (nSPS) is 10.8. The van der Waals surface area contributed by atoms with E-state index in [9.17, 15) is 0 Å². The molecule has 2 heterocycles. The van der Waals surface area contributed by atoms with E-state index in [-0.39, 0.29) is 0 Å². The fourth-order valence-electron chi connectivity index (χ4n) is 3.83. The van der Waals surface area contributed by atoms with Crippen LogP contribution in [0.15, 0.2) is 104 Å². The average molecular weight is 430 g/mol. The second-order valence-corrected chi connectivity index (χ2v) is 7.74. The van der Waals surface area contributed by atoms with Gasteiger partial charge in [0.1, 0.15) is 5.82 Å². The number of fused-ring (bicyclic) bond motifs is 1. The van der Waals surface area contributed by atoms with Crippen LogP contribution in [0.25, 0.3) is 39.1 Å². The number of benzene rings is 3. The van der Waals surface area contributed by atoms with Crippen LogP contribution in [0.5, 0.6) is 0 Å². The topological polar surface area (TPSA) is 76.7 Å². The lowest BCUT2D eigenvalue weighted by Crippen LogP contribution is -2.06. The Morgan fingerprint density at radius 2 is 1.61 bits per heavy atom. The van der Waals surface area contributed by atoms with E-state index in [4.69, 9.17) is 15.7 Å². The van der Waals surface area contributed by atoms with Gasteiger partial charge >= 0.3 is 0 Å². The van der Waals surface area contributed by atoms with E-state index >= 15 is 0 Å². The molecule has 2 aromatic heterocycles. The molecule has 3 aromatic carbocycles. The van der Waals surface area contributed by atoms with Crippen LogP contribution < -0.4 is 11.1 Å². The van der Waals surface area contributed by atoms with E-state index in [1.54, 1.807) is 6.20 Å². The molecule has 5 heteroatoms. The van der Waals surface area contributed by atoms with Crippen molar-refractivity contribution in [2.45, 2.75) is 6.54 Å². The predicted molar refractivity (Wildman–Crippen MR) is 135 cm³/mol. The first-order valence-electron chi connectivity index (χ1n) is 10.7. The molecule has 0 aliphatic carbocycles. The van der Waals surface area contributed by atoms with Gasteiger partial charge in [0.15, 0.2) is 5.82 Å². The molecule has 0 amide bonds. The van der Waals surface area contributed by atoms with Gasteiger partial charge in [-0.3, -0.25) is 4.98 Å². The van der Waals surface area contributed by atoms with Crippen molar-refractivity contribution in [3.8, 4) is 22.5 Å². The van der Waals surface area contributed by atoms with Crippen molar-refractivity contribution >= 4 is 22.4 Å². The van der Waals surface area contributed by atoms with Crippen LogP contribution in [0.3, 0.4) is 0 Å². The molecule has 0 aliphatic heterocycles. The quantitative estimate of drug-likeness (QED) is 0.351. The molecule has 0 aliphatic rings. The van der Waals surface area contributed by atoms with Crippen molar-refractivity contribution in [1.82, 2.24) is 15.0 Å². The largest absolute Gasteiger partial charge is 0.399 e. The van der Waals surface area contributed by atoms with Gasteiger partial charge in [0.2, 0.25) is 0 Å². The minimum atomic E-state index is 0.512. The minimum Gasteiger partial charge on any atom is -0.399 e. The molecule has 0 bridgehead atoms. The zero-order valence-corrected chi connectivity index (χ0v) is 18.1. The molecule has 33 heavy (non-hydrogen) atoms. The highest BCUT2D eigenvalue weighted by Gasteiger charge is 2.14. The first-order valence-corrected chi connectivity index (χ1v) is 10.7. The summed E-state index contributed by atoms with van der Waals surface area (Å²) >= 11 is 0. The molecule has 5 rings (SSSR count). The molecule has 5 nitrogen and oxygen atoms in total. The minimum absolute atomic E-state index is 0.512. The molecule has 0 spiro atoms. The van der Waals surface area contributed by atoms with Gasteiger partial charge in [0, 0.05) is 17.5 Å². The van der Waals surface area contributed by atoms with Gasteiger partial charge in [-0.2, -0.15) is 0 Å². The summed E-state index contributed by atoms with van der Waals surface area (Å²) in [5, 5.41) is 4.48. The van der Waals surface area contributed by atoms with Gasteiger partial charge in [-0.15, -0.1) is 0 Å². The number of rotatable bonds is 6. The van der Waals surface area contributed by atoms with Gasteiger partial charge in [-0.25, -0.2) is 9.97 Å². The third kappa shape index (κ3) is 4.29. The molecule has 0 saturated heterocycles. The maximum absolute atomic E-state index is 5.92. The Morgan fingerprint density at radius 1 is 0.818 bits per heavy atom. The van der Waals surface area contributed by atoms with E-state index in [2.05, 4.69) is 35.1 Å². The van der Waals surface area contributed by atoms with Crippen LogP contribution in [0.4, 0.5) is 5.82 Å². The highest BCUT2D eigenvalue weighted by Crippen LogP contribution is 2.34. The molecule has 3 N–H and O–H groups in total. The summed E-state index contributed by atoms with van der Waals surface area (Å²) in [6.07, 6.45) is 1.79. The predicted octanol–water partition coefficient (Wildman–Crippen LogP) is 5.90. The highest BCUT2D eigenvalue weighted by atomic mass is 15.0. The maximum atomic E-state index is 5.92. The smallest absolute Gasteiger partial charge is 0.162 e. The van der Waals surface area contributed by atoms with Gasteiger partial charge in [-0.1, -0.05) is 73.3 Å². The first kappa shape index (κ1) is 20.4. The zero-order valence-electron chi connectivity index (χ0n) is 18.1. The summed E-state index contributed by atoms with van der Waals surface area (Å²) in [5.41, 5.74) is 12.2. The summed E-state index contributed by atoms with van der Waals surface area (Å²) in [6.45, 7) is 4.40. The van der Waals surface area contributed by atoms with Crippen LogP contribution in [-0.4, -0.2) is 15.0 Å². The van der Waals surface area contributed by atoms with Crippen LogP contribution in [0, 0.1) is 0 Å². The molecule has 0 atom stereocenters. The van der Waals surface area contributed by atoms with Crippen molar-refractivity contribution in [2.24, 2.45) is 5.73 Å². The summed E-state index contributed by atoms with van der Waals surface area (Å²) in [6, 6.07) is 30.1. The van der Waals surface area contributed by atoms with Gasteiger partial charge < -0.3 is 11.1 Å². The van der Waals surface area contributed by atoms with E-state index in [0.29, 0.717) is 18.1 Å². The van der Waals surface area contributed by atoms with Gasteiger partial charge in [-0.05, 0) is 41.0 Å². The number of hydrogen-bond donors (Lipinski definition) is 2. The van der Waals surface area contributed by atoms with Crippen LogP contribution in [-0.2, 0) is 6.54 Å². The Kier molecular flexibility index (Phi) is 5.52. The molecular formula is C28H23N5. The number of nitrogens with zero attached hydrogens (tertiary/aromatic N) is 3. The highest BCUT2D eigenvalue weighted by molar-refractivity contribution is 6.02. The summed E-state index contributed by atoms with van der Waals surface area (Å²) in [7, 11) is 0. The second-order valence-electron chi connectivity index (χ2n) is 7.74. The van der Waals surface area contributed by atoms with Crippen molar-refractivity contribution in [3.05, 3.63) is 115 Å². The molecular weight excluding hydrogens is 406 g/mol. The van der Waals surface area contributed by atoms with E-state index in [1.807, 2.05) is 72.8 Å². The van der Waals surface area contributed by atoms with Crippen molar-refractivity contribution < 1.29 is 0 Å². The van der Waals surface area contributed by atoms with Crippen molar-refractivity contribution in [1.29, 1.82) is 0 Å². The molecule has 0 unspecified atom stereocenters.